The van der Waals surface area contributed by atoms with Gasteiger partial charge in [-0.1, -0.05) is 0 Å². The van der Waals surface area contributed by atoms with E-state index in [-0.39, 0.29) is 5.97 Å². The highest BCUT2D eigenvalue weighted by Gasteiger charge is 2.39. The van der Waals surface area contributed by atoms with Gasteiger partial charge in [-0.2, -0.15) is 0 Å². The van der Waals surface area contributed by atoms with Gasteiger partial charge in [0, 0.05) is 13.5 Å². The van der Waals surface area contributed by atoms with Gasteiger partial charge in [0.15, 0.2) is 0 Å². The molecule has 3 atom stereocenters. The van der Waals surface area contributed by atoms with Crippen LogP contribution < -0.4 is 0 Å². The summed E-state index contributed by atoms with van der Waals surface area (Å²) < 4.78 is 10.3. The van der Waals surface area contributed by atoms with Gasteiger partial charge in [-0.15, -0.1) is 0 Å². The van der Waals surface area contributed by atoms with Crippen LogP contribution in [0.3, 0.4) is 0 Å². The maximum atomic E-state index is 10.9. The fourth-order valence-electron chi connectivity index (χ4n) is 2.28. The summed E-state index contributed by atoms with van der Waals surface area (Å²) in [6.07, 6.45) is 3.06. The van der Waals surface area contributed by atoms with Crippen molar-refractivity contribution >= 4 is 5.97 Å². The van der Waals surface area contributed by atoms with Gasteiger partial charge in [-0.25, -0.2) is 0 Å². The van der Waals surface area contributed by atoms with E-state index in [1.54, 1.807) is 7.11 Å². The Morgan fingerprint density at radius 2 is 2.17 bits per heavy atom. The zero-order valence-electron chi connectivity index (χ0n) is 7.29. The quantitative estimate of drug-likeness (QED) is 0.550. The molecule has 1 saturated carbocycles. The minimum atomic E-state index is -0.0343. The van der Waals surface area contributed by atoms with E-state index in [2.05, 4.69) is 0 Å². The number of fused-ring (bicyclic) bond motifs is 1. The molecular formula is C9H14O3. The Morgan fingerprint density at radius 1 is 1.42 bits per heavy atom. The van der Waals surface area contributed by atoms with Crippen molar-refractivity contribution < 1.29 is 14.3 Å². The number of hydrogen-bond acceptors (Lipinski definition) is 3. The van der Waals surface area contributed by atoms with Gasteiger partial charge in [-0.3, -0.25) is 4.79 Å². The van der Waals surface area contributed by atoms with Crippen LogP contribution in [-0.4, -0.2) is 25.8 Å². The maximum Gasteiger partial charge on any atom is 0.306 e. The molecule has 0 unspecified atom stereocenters. The summed E-state index contributed by atoms with van der Waals surface area (Å²) >= 11 is 0. The summed E-state index contributed by atoms with van der Waals surface area (Å²) in [7, 11) is 1.74. The molecule has 3 nitrogen and oxygen atoms in total. The van der Waals surface area contributed by atoms with Crippen LogP contribution in [0.15, 0.2) is 0 Å². The molecule has 1 saturated heterocycles. The van der Waals surface area contributed by atoms with Crippen LogP contribution in [0.25, 0.3) is 0 Å². The average Bonchev–Trinajstić information content (AvgIpc) is 2.46. The predicted molar refractivity (Wildman–Crippen MR) is 42.6 cm³/mol. The van der Waals surface area contributed by atoms with E-state index in [1.807, 2.05) is 0 Å². The molecule has 0 N–H and O–H groups in total. The van der Waals surface area contributed by atoms with Gasteiger partial charge in [-0.05, 0) is 24.7 Å². The van der Waals surface area contributed by atoms with Crippen molar-refractivity contribution in [2.45, 2.75) is 25.4 Å². The molecule has 0 radical (unpaired) electrons. The lowest BCUT2D eigenvalue weighted by molar-refractivity contribution is -0.151. The van der Waals surface area contributed by atoms with Crippen molar-refractivity contribution in [3.8, 4) is 0 Å². The molecule has 0 spiro atoms. The molecule has 1 aliphatic carbocycles. The highest BCUT2D eigenvalue weighted by Crippen LogP contribution is 2.38. The molecule has 0 aromatic rings. The third-order valence-corrected chi connectivity index (χ3v) is 3.02. The van der Waals surface area contributed by atoms with Crippen LogP contribution in [0, 0.1) is 11.8 Å². The fraction of sp³-hybridized carbons (Fsp3) is 0.889. The van der Waals surface area contributed by atoms with Gasteiger partial charge < -0.3 is 9.47 Å². The normalized spacial score (nSPS) is 40.8. The van der Waals surface area contributed by atoms with Gasteiger partial charge >= 0.3 is 5.97 Å². The van der Waals surface area contributed by atoms with E-state index in [0.29, 0.717) is 31.0 Å². The molecule has 0 aromatic carbocycles. The van der Waals surface area contributed by atoms with E-state index in [0.717, 1.165) is 12.8 Å². The van der Waals surface area contributed by atoms with Crippen LogP contribution in [0.2, 0.25) is 0 Å². The van der Waals surface area contributed by atoms with Gasteiger partial charge in [0.25, 0.3) is 0 Å². The number of esters is 1. The molecule has 0 aromatic heterocycles. The number of carbonyl (C=O) groups is 1. The first-order valence-electron chi connectivity index (χ1n) is 4.48. The maximum absolute atomic E-state index is 10.9. The summed E-state index contributed by atoms with van der Waals surface area (Å²) in [6, 6.07) is 0. The summed E-state index contributed by atoms with van der Waals surface area (Å²) in [4.78, 5) is 10.9. The van der Waals surface area contributed by atoms with Crippen LogP contribution in [-0.2, 0) is 14.3 Å². The molecule has 68 valence electrons. The van der Waals surface area contributed by atoms with Gasteiger partial charge in [0.05, 0.1) is 12.7 Å². The fourth-order valence-corrected chi connectivity index (χ4v) is 2.28. The summed E-state index contributed by atoms with van der Waals surface area (Å²) in [5.74, 6) is 1.05. The molecule has 3 heteroatoms. The molecular weight excluding hydrogens is 156 g/mol. The van der Waals surface area contributed by atoms with E-state index in [1.165, 1.54) is 0 Å². The predicted octanol–water partition coefficient (Wildman–Crippen LogP) is 0.975. The SMILES string of the molecule is CO[C@H]1C[C@H]2CC(=O)OC[C@H]2C1. The first-order chi connectivity index (χ1) is 5.79. The zero-order chi connectivity index (χ0) is 8.55. The molecule has 12 heavy (non-hydrogen) atoms. The lowest BCUT2D eigenvalue weighted by Crippen LogP contribution is -2.26. The highest BCUT2D eigenvalue weighted by atomic mass is 16.5. The number of ether oxygens (including phenoxy) is 2. The topological polar surface area (TPSA) is 35.5 Å². The Morgan fingerprint density at radius 3 is 2.92 bits per heavy atom. The van der Waals surface area contributed by atoms with Crippen LogP contribution in [0.1, 0.15) is 19.3 Å². The smallest absolute Gasteiger partial charge is 0.306 e. The van der Waals surface area contributed by atoms with E-state index < -0.39 is 0 Å². The first kappa shape index (κ1) is 8.05. The summed E-state index contributed by atoms with van der Waals surface area (Å²) in [5.41, 5.74) is 0. The standard InChI is InChI=1S/C9H14O3/c1-11-8-2-6-4-9(10)12-5-7(6)3-8/h6-8H,2-5H2,1H3/t6-,7+,8-/m0/s1. The zero-order valence-corrected chi connectivity index (χ0v) is 7.29. The molecule has 0 bridgehead atoms. The van der Waals surface area contributed by atoms with Crippen LogP contribution in [0.4, 0.5) is 0 Å². The van der Waals surface area contributed by atoms with Crippen LogP contribution >= 0.6 is 0 Å². The molecule has 1 aliphatic heterocycles. The van der Waals surface area contributed by atoms with Crippen molar-refractivity contribution in [2.75, 3.05) is 13.7 Å². The van der Waals surface area contributed by atoms with Crippen molar-refractivity contribution in [1.29, 1.82) is 0 Å². The van der Waals surface area contributed by atoms with Gasteiger partial charge in [0.2, 0.25) is 0 Å². The number of cyclic esters (lactones) is 1. The van der Waals surface area contributed by atoms with E-state index in [4.69, 9.17) is 9.47 Å². The second kappa shape index (κ2) is 3.05. The second-order valence-corrected chi connectivity index (χ2v) is 3.74. The minimum absolute atomic E-state index is 0.0343. The number of rotatable bonds is 1. The van der Waals surface area contributed by atoms with E-state index >= 15 is 0 Å². The number of carbonyl (C=O) groups excluding carboxylic acids is 1. The van der Waals surface area contributed by atoms with Gasteiger partial charge in [0.1, 0.15) is 0 Å². The number of methoxy groups -OCH3 is 1. The summed E-state index contributed by atoms with van der Waals surface area (Å²) in [5, 5.41) is 0. The highest BCUT2D eigenvalue weighted by molar-refractivity contribution is 5.70. The summed E-state index contributed by atoms with van der Waals surface area (Å²) in [6.45, 7) is 0.614. The first-order valence-corrected chi connectivity index (χ1v) is 4.48. The molecule has 2 fully saturated rings. The van der Waals surface area contributed by atoms with Crippen molar-refractivity contribution in [2.24, 2.45) is 11.8 Å². The van der Waals surface area contributed by atoms with Crippen molar-refractivity contribution in [3.63, 3.8) is 0 Å². The average molecular weight is 170 g/mol. The number of hydrogen-bond donors (Lipinski definition) is 0. The Bertz CT molecular complexity index is 190. The van der Waals surface area contributed by atoms with Crippen molar-refractivity contribution in [3.05, 3.63) is 0 Å². The van der Waals surface area contributed by atoms with Crippen molar-refractivity contribution in [1.82, 2.24) is 0 Å². The lowest BCUT2D eigenvalue weighted by Gasteiger charge is -2.23. The lowest BCUT2D eigenvalue weighted by atomic mass is 9.92. The Kier molecular flexibility index (Phi) is 2.05. The Labute approximate surface area is 72.0 Å². The molecule has 1 heterocycles. The third kappa shape index (κ3) is 1.33. The molecule has 0 amide bonds. The third-order valence-electron chi connectivity index (χ3n) is 3.02. The molecule has 2 rings (SSSR count). The van der Waals surface area contributed by atoms with E-state index in [9.17, 15) is 4.79 Å². The monoisotopic (exact) mass is 170 g/mol. The Balaban J connectivity index is 1.97. The largest absolute Gasteiger partial charge is 0.465 e. The molecule has 2 aliphatic rings. The minimum Gasteiger partial charge on any atom is -0.465 e. The Hall–Kier alpha value is -0.570. The second-order valence-electron chi connectivity index (χ2n) is 3.74. The van der Waals surface area contributed by atoms with Crippen LogP contribution in [0.5, 0.6) is 0 Å².